The maximum atomic E-state index is 8.57. The van der Waals surface area contributed by atoms with Crippen LogP contribution in [0.5, 0.6) is 0 Å². The lowest BCUT2D eigenvalue weighted by atomic mass is 9.81. The van der Waals surface area contributed by atoms with E-state index in [2.05, 4.69) is 18.3 Å². The fourth-order valence-corrected chi connectivity index (χ4v) is 1.23. The van der Waals surface area contributed by atoms with E-state index in [0.29, 0.717) is 12.0 Å². The Balaban J connectivity index is 2.12. The Bertz CT molecular complexity index is 137. The zero-order chi connectivity index (χ0) is 7.40. The Morgan fingerprint density at radius 2 is 2.40 bits per heavy atom. The SMILES string of the molecule is CCCNC1CC[C@@H]1C#N. The summed E-state index contributed by atoms with van der Waals surface area (Å²) in [5.41, 5.74) is 0. The Morgan fingerprint density at radius 1 is 1.60 bits per heavy atom. The summed E-state index contributed by atoms with van der Waals surface area (Å²) in [7, 11) is 0. The average molecular weight is 138 g/mol. The Morgan fingerprint density at radius 3 is 2.80 bits per heavy atom. The van der Waals surface area contributed by atoms with Gasteiger partial charge in [-0.15, -0.1) is 0 Å². The van der Waals surface area contributed by atoms with Crippen molar-refractivity contribution in [2.45, 2.75) is 32.2 Å². The highest BCUT2D eigenvalue weighted by molar-refractivity contribution is 4.99. The molecule has 0 amide bonds. The van der Waals surface area contributed by atoms with Crippen molar-refractivity contribution < 1.29 is 0 Å². The van der Waals surface area contributed by atoms with Crippen molar-refractivity contribution in [1.29, 1.82) is 5.26 Å². The number of nitrogens with zero attached hydrogens (tertiary/aromatic N) is 1. The van der Waals surface area contributed by atoms with Gasteiger partial charge < -0.3 is 5.32 Å². The maximum Gasteiger partial charge on any atom is 0.0672 e. The van der Waals surface area contributed by atoms with Crippen molar-refractivity contribution in [2.75, 3.05) is 6.54 Å². The number of nitriles is 1. The van der Waals surface area contributed by atoms with Crippen LogP contribution in [0.2, 0.25) is 0 Å². The monoisotopic (exact) mass is 138 g/mol. The predicted molar refractivity (Wildman–Crippen MR) is 40.4 cm³/mol. The van der Waals surface area contributed by atoms with Crippen LogP contribution in [-0.4, -0.2) is 12.6 Å². The van der Waals surface area contributed by atoms with Gasteiger partial charge in [-0.2, -0.15) is 5.26 Å². The molecule has 1 aliphatic carbocycles. The van der Waals surface area contributed by atoms with Gasteiger partial charge in [-0.05, 0) is 25.8 Å². The molecule has 2 atom stereocenters. The van der Waals surface area contributed by atoms with Gasteiger partial charge in [0.15, 0.2) is 0 Å². The summed E-state index contributed by atoms with van der Waals surface area (Å²) in [4.78, 5) is 0. The molecule has 1 saturated carbocycles. The van der Waals surface area contributed by atoms with Crippen molar-refractivity contribution >= 4 is 0 Å². The van der Waals surface area contributed by atoms with Crippen LogP contribution in [0.25, 0.3) is 0 Å². The highest BCUT2D eigenvalue weighted by atomic mass is 14.9. The molecule has 0 spiro atoms. The lowest BCUT2D eigenvalue weighted by Crippen LogP contribution is -2.43. The van der Waals surface area contributed by atoms with Crippen LogP contribution in [-0.2, 0) is 0 Å². The molecule has 0 aliphatic heterocycles. The molecule has 2 nitrogen and oxygen atoms in total. The van der Waals surface area contributed by atoms with Crippen molar-refractivity contribution in [3.05, 3.63) is 0 Å². The molecule has 1 fully saturated rings. The van der Waals surface area contributed by atoms with Gasteiger partial charge in [0, 0.05) is 6.04 Å². The fraction of sp³-hybridized carbons (Fsp3) is 0.875. The average Bonchev–Trinajstić information content (AvgIpc) is 1.88. The fourth-order valence-electron chi connectivity index (χ4n) is 1.23. The lowest BCUT2D eigenvalue weighted by Gasteiger charge is -2.32. The smallest absolute Gasteiger partial charge is 0.0672 e. The van der Waals surface area contributed by atoms with Crippen LogP contribution in [0.3, 0.4) is 0 Å². The molecular formula is C8H14N2. The zero-order valence-corrected chi connectivity index (χ0v) is 6.43. The quantitative estimate of drug-likeness (QED) is 0.637. The van der Waals surface area contributed by atoms with Gasteiger partial charge in [-0.3, -0.25) is 0 Å². The zero-order valence-electron chi connectivity index (χ0n) is 6.43. The molecule has 1 unspecified atom stereocenters. The van der Waals surface area contributed by atoms with Crippen molar-refractivity contribution in [1.82, 2.24) is 5.32 Å². The third-order valence-corrected chi connectivity index (χ3v) is 2.10. The van der Waals surface area contributed by atoms with Crippen LogP contribution < -0.4 is 5.32 Å². The summed E-state index contributed by atoms with van der Waals surface area (Å²) < 4.78 is 0. The first-order chi connectivity index (χ1) is 4.88. The molecule has 0 aromatic heterocycles. The van der Waals surface area contributed by atoms with Crippen molar-refractivity contribution in [3.8, 4) is 6.07 Å². The minimum absolute atomic E-state index is 0.298. The lowest BCUT2D eigenvalue weighted by molar-refractivity contribution is 0.267. The molecule has 1 aliphatic rings. The second kappa shape index (κ2) is 3.58. The van der Waals surface area contributed by atoms with E-state index in [-0.39, 0.29) is 0 Å². The number of hydrogen-bond donors (Lipinski definition) is 1. The van der Waals surface area contributed by atoms with Crippen LogP contribution in [0.1, 0.15) is 26.2 Å². The van der Waals surface area contributed by atoms with Crippen molar-refractivity contribution in [3.63, 3.8) is 0 Å². The molecule has 0 radical (unpaired) electrons. The normalized spacial score (nSPS) is 30.8. The number of hydrogen-bond acceptors (Lipinski definition) is 2. The first kappa shape index (κ1) is 7.56. The first-order valence-electron chi connectivity index (χ1n) is 4.01. The molecular weight excluding hydrogens is 124 g/mol. The molecule has 0 aromatic rings. The summed E-state index contributed by atoms with van der Waals surface area (Å²) >= 11 is 0. The van der Waals surface area contributed by atoms with Gasteiger partial charge in [0.05, 0.1) is 12.0 Å². The summed E-state index contributed by atoms with van der Waals surface area (Å²) in [6, 6.07) is 2.80. The molecule has 2 heteroatoms. The van der Waals surface area contributed by atoms with Crippen LogP contribution >= 0.6 is 0 Å². The molecule has 0 saturated heterocycles. The minimum atomic E-state index is 0.298. The third-order valence-electron chi connectivity index (χ3n) is 2.10. The Kier molecular flexibility index (Phi) is 2.70. The third kappa shape index (κ3) is 1.48. The summed E-state index contributed by atoms with van der Waals surface area (Å²) in [5, 5.41) is 11.9. The van der Waals surface area contributed by atoms with Gasteiger partial charge in [0.1, 0.15) is 0 Å². The van der Waals surface area contributed by atoms with E-state index in [1.54, 1.807) is 0 Å². The highest BCUT2D eigenvalue weighted by Gasteiger charge is 2.29. The van der Waals surface area contributed by atoms with Gasteiger partial charge in [0.25, 0.3) is 0 Å². The van der Waals surface area contributed by atoms with E-state index in [1.165, 1.54) is 6.42 Å². The van der Waals surface area contributed by atoms with Gasteiger partial charge >= 0.3 is 0 Å². The van der Waals surface area contributed by atoms with E-state index < -0.39 is 0 Å². The Hall–Kier alpha value is -0.550. The molecule has 56 valence electrons. The second-order valence-electron chi connectivity index (χ2n) is 2.87. The van der Waals surface area contributed by atoms with E-state index in [0.717, 1.165) is 19.4 Å². The second-order valence-corrected chi connectivity index (χ2v) is 2.87. The summed E-state index contributed by atoms with van der Waals surface area (Å²) in [6.07, 6.45) is 3.45. The standard InChI is InChI=1S/C8H14N2/c1-2-5-10-8-4-3-7(8)6-9/h7-8,10H,2-5H2,1H3/t7-,8?/m1/s1. The topological polar surface area (TPSA) is 35.8 Å². The minimum Gasteiger partial charge on any atom is -0.313 e. The van der Waals surface area contributed by atoms with Crippen molar-refractivity contribution in [2.24, 2.45) is 5.92 Å². The van der Waals surface area contributed by atoms with E-state index in [1.807, 2.05) is 0 Å². The maximum absolute atomic E-state index is 8.57. The van der Waals surface area contributed by atoms with Gasteiger partial charge in [0.2, 0.25) is 0 Å². The summed E-state index contributed by atoms with van der Waals surface area (Å²) in [5.74, 6) is 0.298. The van der Waals surface area contributed by atoms with E-state index >= 15 is 0 Å². The Labute approximate surface area is 62.2 Å². The number of nitrogens with one attached hydrogen (secondary N) is 1. The van der Waals surface area contributed by atoms with E-state index in [4.69, 9.17) is 5.26 Å². The molecule has 10 heavy (non-hydrogen) atoms. The van der Waals surface area contributed by atoms with Crippen LogP contribution in [0, 0.1) is 17.2 Å². The first-order valence-corrected chi connectivity index (χ1v) is 4.01. The summed E-state index contributed by atoms with van der Waals surface area (Å²) in [6.45, 7) is 3.20. The number of rotatable bonds is 3. The van der Waals surface area contributed by atoms with Crippen LogP contribution in [0.15, 0.2) is 0 Å². The molecule has 0 bridgehead atoms. The molecule has 1 N–H and O–H groups in total. The van der Waals surface area contributed by atoms with Crippen LogP contribution in [0.4, 0.5) is 0 Å². The van der Waals surface area contributed by atoms with Gasteiger partial charge in [-0.25, -0.2) is 0 Å². The molecule has 1 rings (SSSR count). The largest absolute Gasteiger partial charge is 0.313 e. The highest BCUT2D eigenvalue weighted by Crippen LogP contribution is 2.26. The molecule has 0 heterocycles. The van der Waals surface area contributed by atoms with E-state index in [9.17, 15) is 0 Å². The predicted octanol–water partition coefficient (Wildman–Crippen LogP) is 1.29. The molecule has 0 aromatic carbocycles. The van der Waals surface area contributed by atoms with Gasteiger partial charge in [-0.1, -0.05) is 6.92 Å².